The average molecular weight is 534 g/mol. The van der Waals surface area contributed by atoms with Gasteiger partial charge in [0, 0.05) is 37.1 Å². The minimum absolute atomic E-state index is 0.0127. The summed E-state index contributed by atoms with van der Waals surface area (Å²) in [6.45, 7) is 4.54. The number of aryl methyl sites for hydroxylation is 1. The lowest BCUT2D eigenvalue weighted by atomic mass is 9.77. The lowest BCUT2D eigenvalue weighted by Gasteiger charge is -2.37. The van der Waals surface area contributed by atoms with Crippen LogP contribution in [-0.2, 0) is 16.7 Å². The maximum atomic E-state index is 15.7. The molecule has 2 heterocycles. The van der Waals surface area contributed by atoms with Crippen molar-refractivity contribution < 1.29 is 27.2 Å². The molecule has 2 fully saturated rings. The van der Waals surface area contributed by atoms with Crippen LogP contribution in [-0.4, -0.2) is 45.6 Å². The van der Waals surface area contributed by atoms with Crippen LogP contribution in [0.4, 0.5) is 17.6 Å². The van der Waals surface area contributed by atoms with Crippen LogP contribution in [0, 0.1) is 6.92 Å². The van der Waals surface area contributed by atoms with Crippen molar-refractivity contribution in [3.05, 3.63) is 64.2 Å². The Morgan fingerprint density at radius 1 is 1.18 bits per heavy atom. The first kappa shape index (κ1) is 26.3. The molecule has 3 aromatic rings. The number of halogens is 4. The van der Waals surface area contributed by atoms with E-state index in [9.17, 15) is 18.0 Å². The third-order valence-corrected chi connectivity index (χ3v) is 7.75. The first-order valence-corrected chi connectivity index (χ1v) is 12.9. The fourth-order valence-corrected chi connectivity index (χ4v) is 5.22. The fourth-order valence-electron chi connectivity index (χ4n) is 5.22. The first-order valence-electron chi connectivity index (χ1n) is 12.9. The van der Waals surface area contributed by atoms with Crippen LogP contribution in [0.2, 0.25) is 0 Å². The molecular formula is C27H31F4N5O2. The summed E-state index contributed by atoms with van der Waals surface area (Å²) in [6, 6.07) is 8.13. The molecule has 0 unspecified atom stereocenters. The van der Waals surface area contributed by atoms with E-state index in [0.29, 0.717) is 23.9 Å². The molecule has 1 aliphatic carbocycles. The maximum Gasteiger partial charge on any atom is 0.416 e. The lowest BCUT2D eigenvalue weighted by molar-refractivity contribution is -0.137. The topological polar surface area (TPSA) is 75.2 Å². The van der Waals surface area contributed by atoms with Crippen LogP contribution in [0.15, 0.2) is 36.4 Å². The summed E-state index contributed by atoms with van der Waals surface area (Å²) in [5, 5.41) is 7.08. The molecule has 1 aliphatic heterocycles. The Balaban J connectivity index is 1.35. The van der Waals surface area contributed by atoms with Crippen molar-refractivity contribution in [3.8, 4) is 11.4 Å². The highest BCUT2D eigenvalue weighted by Gasteiger charge is 2.39. The van der Waals surface area contributed by atoms with E-state index in [1.807, 2.05) is 19.9 Å². The number of nitrogens with one attached hydrogen (secondary N) is 2. The number of aromatic nitrogens is 3. The quantitative estimate of drug-likeness (QED) is 0.286. The van der Waals surface area contributed by atoms with Gasteiger partial charge in [0.25, 0.3) is 5.91 Å². The minimum atomic E-state index is -4.47. The van der Waals surface area contributed by atoms with E-state index in [1.54, 1.807) is 9.69 Å². The largest absolute Gasteiger partial charge is 0.416 e. The van der Waals surface area contributed by atoms with Crippen LogP contribution in [0.25, 0.3) is 11.4 Å². The molecule has 2 aliphatic rings. The molecule has 38 heavy (non-hydrogen) atoms. The summed E-state index contributed by atoms with van der Waals surface area (Å²) >= 11 is 0. The van der Waals surface area contributed by atoms with Gasteiger partial charge in [-0.3, -0.25) is 9.63 Å². The number of benzene rings is 2. The summed E-state index contributed by atoms with van der Waals surface area (Å²) in [5.74, 6) is 0.824. The first-order chi connectivity index (χ1) is 18.1. The van der Waals surface area contributed by atoms with Gasteiger partial charge < -0.3 is 4.90 Å². The zero-order valence-corrected chi connectivity index (χ0v) is 21.4. The van der Waals surface area contributed by atoms with Gasteiger partial charge in [-0.25, -0.2) is 4.39 Å². The van der Waals surface area contributed by atoms with Crippen LogP contribution < -0.4 is 5.59 Å². The Bertz CT molecular complexity index is 1290. The van der Waals surface area contributed by atoms with Gasteiger partial charge in [0.15, 0.2) is 0 Å². The predicted octanol–water partition coefficient (Wildman–Crippen LogP) is 6.07. The Hall–Kier alpha value is -3.34. The normalized spacial score (nSPS) is 17.9. The van der Waals surface area contributed by atoms with Crippen molar-refractivity contribution in [1.29, 1.82) is 0 Å². The predicted molar refractivity (Wildman–Crippen MR) is 134 cm³/mol. The Morgan fingerprint density at radius 2 is 1.87 bits per heavy atom. The molecule has 204 valence electrons. The standard InChI is InChI=1S/C27H31F4N5O2/c1-3-38-34-36-24(32-33-36)23-16-21(17(2)15-22(23)18-5-4-6-18)25(37)35-13-11-26(28,12-14-35)19-7-9-20(10-8-19)27(29,30)31/h7-10,15-16,18,33-34H,3-6,11-14H2,1-2H3. The SMILES string of the molecule is CCONn1[nH]nc1-c1cc(C(=O)N2CCC(F)(c3ccc(C(F)(F)F)cc3)CC2)c(C)cc1C1CCC1. The van der Waals surface area contributed by atoms with Gasteiger partial charge >= 0.3 is 6.18 Å². The van der Waals surface area contributed by atoms with Crippen molar-refractivity contribution >= 4 is 5.91 Å². The molecule has 0 bridgehead atoms. The molecule has 7 nitrogen and oxygen atoms in total. The van der Waals surface area contributed by atoms with Gasteiger partial charge in [0.1, 0.15) is 5.67 Å². The molecule has 1 saturated carbocycles. The molecule has 1 amide bonds. The van der Waals surface area contributed by atoms with Gasteiger partial charge in [0.2, 0.25) is 5.82 Å². The van der Waals surface area contributed by atoms with Gasteiger partial charge in [-0.2, -0.15) is 24.0 Å². The maximum absolute atomic E-state index is 15.7. The summed E-state index contributed by atoms with van der Waals surface area (Å²) in [6.07, 6.45) is -1.13. The van der Waals surface area contributed by atoms with Crippen LogP contribution in [0.5, 0.6) is 0 Å². The Morgan fingerprint density at radius 3 is 2.39 bits per heavy atom. The number of nitrogens with zero attached hydrogens (tertiary/aromatic N) is 3. The Kier molecular flexibility index (Phi) is 6.97. The summed E-state index contributed by atoms with van der Waals surface area (Å²) in [5.41, 5.74) is 3.74. The van der Waals surface area contributed by atoms with Crippen LogP contribution in [0.3, 0.4) is 0 Å². The number of aromatic amines is 1. The molecule has 5 rings (SSSR count). The second-order valence-corrected chi connectivity index (χ2v) is 10.1. The third-order valence-electron chi connectivity index (χ3n) is 7.75. The number of amides is 1. The fraction of sp³-hybridized carbons (Fsp3) is 0.481. The van der Waals surface area contributed by atoms with Gasteiger partial charge in [0.05, 0.1) is 12.2 Å². The number of piperidine rings is 1. The summed E-state index contributed by atoms with van der Waals surface area (Å²) < 4.78 is 54.5. The highest BCUT2D eigenvalue weighted by atomic mass is 19.4. The lowest BCUT2D eigenvalue weighted by Crippen LogP contribution is -2.43. The van der Waals surface area contributed by atoms with E-state index in [1.165, 1.54) is 12.1 Å². The molecular weight excluding hydrogens is 502 g/mol. The second kappa shape index (κ2) is 10.1. The Labute approximate surface area is 218 Å². The summed E-state index contributed by atoms with van der Waals surface area (Å²) in [7, 11) is 0. The number of rotatable bonds is 7. The molecule has 0 radical (unpaired) electrons. The highest BCUT2D eigenvalue weighted by Crippen LogP contribution is 2.43. The van der Waals surface area contributed by atoms with Crippen molar-refractivity contribution in [2.24, 2.45) is 0 Å². The van der Waals surface area contributed by atoms with Crippen LogP contribution in [0.1, 0.15) is 77.6 Å². The van der Waals surface area contributed by atoms with Crippen molar-refractivity contribution in [3.63, 3.8) is 0 Å². The van der Waals surface area contributed by atoms with Crippen molar-refractivity contribution in [2.75, 3.05) is 25.3 Å². The molecule has 1 saturated heterocycles. The van der Waals surface area contributed by atoms with Crippen molar-refractivity contribution in [1.82, 2.24) is 20.0 Å². The number of carbonyl (C=O) groups excluding carboxylic acids is 1. The smallest absolute Gasteiger partial charge is 0.338 e. The van der Waals surface area contributed by atoms with E-state index in [0.717, 1.165) is 48.1 Å². The molecule has 0 spiro atoms. The monoisotopic (exact) mass is 533 g/mol. The van der Waals surface area contributed by atoms with Gasteiger partial charge in [-0.15, -0.1) is 9.89 Å². The molecule has 2 N–H and O–H groups in total. The van der Waals surface area contributed by atoms with E-state index < -0.39 is 17.4 Å². The van der Waals surface area contributed by atoms with E-state index in [4.69, 9.17) is 4.84 Å². The van der Waals surface area contributed by atoms with E-state index >= 15 is 4.39 Å². The number of alkyl halides is 4. The molecule has 0 atom stereocenters. The molecule has 1 aromatic heterocycles. The highest BCUT2D eigenvalue weighted by molar-refractivity contribution is 5.97. The average Bonchev–Trinajstić information content (AvgIpc) is 2.83. The number of hydrogen-bond donors (Lipinski definition) is 2. The van der Waals surface area contributed by atoms with E-state index in [-0.39, 0.29) is 37.4 Å². The number of hydrogen-bond acceptors (Lipinski definition) is 4. The number of H-pyrrole nitrogens is 1. The van der Waals surface area contributed by atoms with Gasteiger partial charge in [-0.1, -0.05) is 24.6 Å². The second-order valence-electron chi connectivity index (χ2n) is 10.1. The number of carbonyl (C=O) groups is 1. The number of likely N-dealkylation sites (tertiary alicyclic amines) is 1. The molecule has 11 heteroatoms. The third kappa shape index (κ3) is 4.91. The zero-order chi connectivity index (χ0) is 27.1. The van der Waals surface area contributed by atoms with Crippen LogP contribution >= 0.6 is 0 Å². The zero-order valence-electron chi connectivity index (χ0n) is 21.4. The minimum Gasteiger partial charge on any atom is -0.338 e. The summed E-state index contributed by atoms with van der Waals surface area (Å²) in [4.78, 5) is 22.0. The molecule has 2 aromatic carbocycles. The van der Waals surface area contributed by atoms with Crippen molar-refractivity contribution in [2.45, 2.75) is 63.7 Å². The van der Waals surface area contributed by atoms with E-state index in [2.05, 4.69) is 22.0 Å². The van der Waals surface area contributed by atoms with Gasteiger partial charge in [-0.05, 0) is 67.5 Å².